The van der Waals surface area contributed by atoms with E-state index in [1.807, 2.05) is 24.8 Å². The number of unbranched alkanes of at least 4 members (excludes halogenated alkanes) is 4. The fraction of sp³-hybridized carbons (Fsp3) is 0.519. The van der Waals surface area contributed by atoms with Crippen LogP contribution < -0.4 is 5.32 Å². The second-order valence-corrected chi connectivity index (χ2v) is 14.7. The molecule has 0 fully saturated rings. The maximum absolute atomic E-state index is 12.8. The zero-order valence-electron chi connectivity index (χ0n) is 21.4. The third kappa shape index (κ3) is 9.63. The third-order valence-corrected chi connectivity index (χ3v) is 9.40. The number of carbonyl (C=O) groups is 1. The summed E-state index contributed by atoms with van der Waals surface area (Å²) in [6.45, 7) is 10.7. The van der Waals surface area contributed by atoms with Crippen molar-refractivity contribution in [3.05, 3.63) is 36.0 Å². The predicted octanol–water partition coefficient (Wildman–Crippen LogP) is 9.07. The van der Waals surface area contributed by atoms with Gasteiger partial charge >= 0.3 is 0 Å². The summed E-state index contributed by atoms with van der Waals surface area (Å²) in [5.74, 6) is 1.20. The van der Waals surface area contributed by atoms with E-state index in [0.29, 0.717) is 16.9 Å². The fourth-order valence-corrected chi connectivity index (χ4v) is 7.71. The molecule has 0 aliphatic carbocycles. The van der Waals surface area contributed by atoms with Crippen LogP contribution in [0.3, 0.4) is 0 Å². The van der Waals surface area contributed by atoms with Crippen LogP contribution in [0.5, 0.6) is 0 Å². The molecule has 3 aromatic rings. The van der Waals surface area contributed by atoms with Gasteiger partial charge in [0.1, 0.15) is 5.03 Å². The monoisotopic (exact) mass is 547 g/mol. The minimum atomic E-state index is 0.0956. The van der Waals surface area contributed by atoms with Crippen molar-refractivity contribution in [2.45, 2.75) is 97.9 Å². The van der Waals surface area contributed by atoms with Gasteiger partial charge in [-0.2, -0.15) is 0 Å². The van der Waals surface area contributed by atoms with Gasteiger partial charge in [0, 0.05) is 33.3 Å². The van der Waals surface area contributed by atoms with Gasteiger partial charge in [-0.3, -0.25) is 4.79 Å². The molecule has 0 aliphatic heterocycles. The first kappa shape index (κ1) is 28.4. The summed E-state index contributed by atoms with van der Waals surface area (Å²) >= 11 is 7.15. The van der Waals surface area contributed by atoms with Crippen LogP contribution in [-0.4, -0.2) is 32.1 Å². The molecule has 1 aromatic carbocycles. The number of anilines is 1. The Morgan fingerprint density at radius 3 is 2.43 bits per heavy atom. The zero-order valence-corrected chi connectivity index (χ0v) is 24.7. The highest BCUT2D eigenvalue weighted by Gasteiger charge is 2.17. The number of nitrogens with zero attached hydrogens (tertiary/aromatic N) is 2. The second-order valence-electron chi connectivity index (χ2n) is 9.14. The normalized spacial score (nSPS) is 11.6. The highest BCUT2D eigenvalue weighted by atomic mass is 32.2. The Hall–Kier alpha value is -1.22. The topological polar surface area (TPSA) is 54.9 Å². The van der Waals surface area contributed by atoms with Gasteiger partial charge in [0.15, 0.2) is 4.34 Å². The number of amides is 1. The number of fused-ring (bicyclic) bond motifs is 1. The Kier molecular flexibility index (Phi) is 11.7. The lowest BCUT2D eigenvalue weighted by molar-refractivity contribution is -0.116. The number of benzene rings is 1. The van der Waals surface area contributed by atoms with Crippen molar-refractivity contribution in [2.75, 3.05) is 11.1 Å². The molecule has 3 rings (SSSR count). The van der Waals surface area contributed by atoms with Crippen LogP contribution in [0.15, 0.2) is 44.6 Å². The smallest absolute Gasteiger partial charge is 0.224 e. The van der Waals surface area contributed by atoms with E-state index in [1.165, 1.54) is 28.3 Å². The molecule has 35 heavy (non-hydrogen) atoms. The molecular formula is C27H37N3OS4. The average Bonchev–Trinajstić information content (AvgIpc) is 3.20. The van der Waals surface area contributed by atoms with Gasteiger partial charge in [-0.05, 0) is 38.0 Å². The lowest BCUT2D eigenvalue weighted by atomic mass is 10.1. The Morgan fingerprint density at radius 2 is 1.69 bits per heavy atom. The van der Waals surface area contributed by atoms with Crippen LogP contribution in [-0.2, 0) is 4.79 Å². The van der Waals surface area contributed by atoms with Gasteiger partial charge in [0.2, 0.25) is 5.91 Å². The van der Waals surface area contributed by atoms with Gasteiger partial charge in [-0.15, -0.1) is 34.9 Å². The Morgan fingerprint density at radius 1 is 0.971 bits per heavy atom. The van der Waals surface area contributed by atoms with Crippen molar-refractivity contribution in [2.24, 2.45) is 0 Å². The first-order chi connectivity index (χ1) is 16.8. The number of thioether (sulfide) groups is 3. The first-order valence-corrected chi connectivity index (χ1v) is 16.0. The largest absolute Gasteiger partial charge is 0.323 e. The maximum atomic E-state index is 12.8. The molecule has 2 heterocycles. The van der Waals surface area contributed by atoms with E-state index in [2.05, 4.69) is 57.3 Å². The van der Waals surface area contributed by atoms with Crippen LogP contribution in [0.2, 0.25) is 0 Å². The van der Waals surface area contributed by atoms with Crippen LogP contribution >= 0.6 is 46.6 Å². The first-order valence-electron chi connectivity index (χ1n) is 12.4. The zero-order chi connectivity index (χ0) is 25.2. The fourth-order valence-electron chi connectivity index (χ4n) is 3.58. The van der Waals surface area contributed by atoms with Crippen LogP contribution in [0.25, 0.3) is 10.2 Å². The summed E-state index contributed by atoms with van der Waals surface area (Å²) in [7, 11) is 0. The molecule has 0 atom stereocenters. The molecule has 0 unspecified atom stereocenters. The SMILES string of the molecule is Cc1cc(SC(C)C)c(NC(=O)CCCCCCCSc2nc3ccccc3s2)c(SC(C)C)n1. The molecule has 1 N–H and O–H groups in total. The number of aryl methyl sites for hydroxylation is 1. The lowest BCUT2D eigenvalue weighted by Gasteiger charge is -2.18. The number of nitrogens with one attached hydrogen (secondary N) is 1. The van der Waals surface area contributed by atoms with E-state index in [-0.39, 0.29) is 5.91 Å². The third-order valence-electron chi connectivity index (χ3n) is 5.10. The molecule has 0 aliphatic rings. The van der Waals surface area contributed by atoms with Crippen molar-refractivity contribution in [1.29, 1.82) is 0 Å². The Labute approximate surface area is 227 Å². The van der Waals surface area contributed by atoms with Crippen LogP contribution in [0, 0.1) is 6.92 Å². The molecule has 0 saturated carbocycles. The van der Waals surface area contributed by atoms with Gasteiger partial charge in [-0.1, -0.05) is 70.9 Å². The van der Waals surface area contributed by atoms with Crippen molar-refractivity contribution in [3.63, 3.8) is 0 Å². The highest BCUT2D eigenvalue weighted by Crippen LogP contribution is 2.38. The van der Waals surface area contributed by atoms with E-state index < -0.39 is 0 Å². The van der Waals surface area contributed by atoms with Crippen molar-refractivity contribution in [1.82, 2.24) is 9.97 Å². The average molecular weight is 548 g/mol. The van der Waals surface area contributed by atoms with E-state index in [0.717, 1.165) is 45.4 Å². The number of aromatic nitrogens is 2. The number of thiazole rings is 1. The molecule has 190 valence electrons. The number of hydrogen-bond acceptors (Lipinski definition) is 7. The number of hydrogen-bond donors (Lipinski definition) is 1. The molecular weight excluding hydrogens is 511 g/mol. The minimum Gasteiger partial charge on any atom is -0.323 e. The van der Waals surface area contributed by atoms with Gasteiger partial charge in [0.25, 0.3) is 0 Å². The van der Waals surface area contributed by atoms with Crippen molar-refractivity contribution in [3.8, 4) is 0 Å². The molecule has 0 spiro atoms. The predicted molar refractivity (Wildman–Crippen MR) is 158 cm³/mol. The summed E-state index contributed by atoms with van der Waals surface area (Å²) < 4.78 is 2.43. The lowest BCUT2D eigenvalue weighted by Crippen LogP contribution is -2.14. The van der Waals surface area contributed by atoms with E-state index >= 15 is 0 Å². The van der Waals surface area contributed by atoms with Gasteiger partial charge < -0.3 is 5.32 Å². The maximum Gasteiger partial charge on any atom is 0.224 e. The Balaban J connectivity index is 1.38. The van der Waals surface area contributed by atoms with E-state index in [4.69, 9.17) is 9.97 Å². The highest BCUT2D eigenvalue weighted by molar-refractivity contribution is 8.01. The summed E-state index contributed by atoms with van der Waals surface area (Å²) in [4.78, 5) is 23.3. The Bertz CT molecular complexity index is 1030. The molecule has 2 aromatic heterocycles. The summed E-state index contributed by atoms with van der Waals surface area (Å²) in [6, 6.07) is 10.4. The molecule has 0 radical (unpaired) electrons. The molecule has 1 amide bonds. The number of pyridine rings is 1. The standard InChI is InChI=1S/C27H37N3OS4/c1-18(2)33-23-17-20(5)28-26(34-19(3)4)25(23)30-24(31)15-9-7-6-8-12-16-32-27-29-21-13-10-11-14-22(21)35-27/h10-11,13-14,17-19H,6-9,12,15-16H2,1-5H3,(H,30,31). The minimum absolute atomic E-state index is 0.0956. The summed E-state index contributed by atoms with van der Waals surface area (Å²) in [5, 5.41) is 4.99. The quantitative estimate of drug-likeness (QED) is 0.160. The van der Waals surface area contributed by atoms with Crippen molar-refractivity contribution >= 4 is 68.4 Å². The molecule has 0 bridgehead atoms. The van der Waals surface area contributed by atoms with E-state index in [1.54, 1.807) is 34.9 Å². The second kappa shape index (κ2) is 14.5. The number of para-hydroxylation sites is 1. The number of rotatable bonds is 14. The van der Waals surface area contributed by atoms with E-state index in [9.17, 15) is 4.79 Å². The van der Waals surface area contributed by atoms with Crippen LogP contribution in [0.4, 0.5) is 5.69 Å². The van der Waals surface area contributed by atoms with Gasteiger partial charge in [-0.25, -0.2) is 9.97 Å². The van der Waals surface area contributed by atoms with Crippen molar-refractivity contribution < 1.29 is 4.79 Å². The summed E-state index contributed by atoms with van der Waals surface area (Å²) in [5.41, 5.74) is 2.99. The molecule has 4 nitrogen and oxygen atoms in total. The van der Waals surface area contributed by atoms with Crippen LogP contribution in [0.1, 0.15) is 71.9 Å². The van der Waals surface area contributed by atoms with Gasteiger partial charge in [0.05, 0.1) is 15.9 Å². The number of carbonyl (C=O) groups excluding carboxylic acids is 1. The molecule has 8 heteroatoms. The summed E-state index contributed by atoms with van der Waals surface area (Å²) in [6.07, 6.45) is 6.13. The molecule has 0 saturated heterocycles.